The molecule has 1 saturated heterocycles. The van der Waals surface area contributed by atoms with Crippen molar-refractivity contribution in [1.29, 1.82) is 0 Å². The first-order valence-corrected chi connectivity index (χ1v) is 8.58. The molecule has 0 radical (unpaired) electrons. The zero-order valence-corrected chi connectivity index (χ0v) is 14.2. The van der Waals surface area contributed by atoms with Gasteiger partial charge in [-0.2, -0.15) is 5.10 Å². The van der Waals surface area contributed by atoms with Crippen molar-refractivity contribution in [2.45, 2.75) is 25.6 Å². The van der Waals surface area contributed by atoms with Crippen LogP contribution in [0.2, 0.25) is 0 Å². The van der Waals surface area contributed by atoms with E-state index in [1.807, 2.05) is 12.1 Å². The average Bonchev–Trinajstić information content (AvgIpc) is 3.17. The summed E-state index contributed by atoms with van der Waals surface area (Å²) in [5.74, 6) is 0.177. The zero-order valence-electron chi connectivity index (χ0n) is 14.2. The van der Waals surface area contributed by atoms with Crippen LogP contribution in [-0.2, 0) is 16.1 Å². The Morgan fingerprint density at radius 3 is 2.88 bits per heavy atom. The lowest BCUT2D eigenvalue weighted by Gasteiger charge is -2.22. The molecule has 0 saturated carbocycles. The Morgan fingerprint density at radius 2 is 2.08 bits per heavy atom. The van der Waals surface area contributed by atoms with E-state index >= 15 is 0 Å². The molecule has 0 bridgehead atoms. The Bertz CT molecular complexity index is 885. The van der Waals surface area contributed by atoms with E-state index < -0.39 is 5.97 Å². The van der Waals surface area contributed by atoms with Gasteiger partial charge in [-0.1, -0.05) is 12.1 Å². The van der Waals surface area contributed by atoms with Crippen molar-refractivity contribution in [3.05, 3.63) is 53.9 Å². The number of para-hydroxylation sites is 1. The van der Waals surface area contributed by atoms with Gasteiger partial charge < -0.3 is 14.2 Å². The predicted octanol–water partition coefficient (Wildman–Crippen LogP) is 2.87. The fourth-order valence-electron chi connectivity index (χ4n) is 2.90. The van der Waals surface area contributed by atoms with Crippen LogP contribution in [-0.4, -0.2) is 40.5 Å². The molecule has 26 heavy (non-hydrogen) atoms. The van der Waals surface area contributed by atoms with E-state index in [2.05, 4.69) is 15.2 Å². The summed E-state index contributed by atoms with van der Waals surface area (Å²) in [4.78, 5) is 16.6. The lowest BCUT2D eigenvalue weighted by Crippen LogP contribution is -2.26. The zero-order chi connectivity index (χ0) is 17.8. The number of pyridine rings is 1. The van der Waals surface area contributed by atoms with E-state index in [9.17, 15) is 4.79 Å². The summed E-state index contributed by atoms with van der Waals surface area (Å²) in [5, 5.41) is 7.65. The summed E-state index contributed by atoms with van der Waals surface area (Å²) in [6.45, 7) is 1.59. The number of aromatic nitrogens is 3. The number of nitrogens with zero attached hydrogens (tertiary/aromatic N) is 2. The van der Waals surface area contributed by atoms with Crippen LogP contribution in [0.3, 0.4) is 0 Å². The smallest absolute Gasteiger partial charge is 0.340 e. The number of hydrogen-bond donors (Lipinski definition) is 1. The monoisotopic (exact) mass is 353 g/mol. The molecule has 1 aliphatic rings. The van der Waals surface area contributed by atoms with Crippen molar-refractivity contribution in [3.8, 4) is 5.88 Å². The number of carbonyl (C=O) groups is 1. The number of rotatable bonds is 5. The molecule has 1 aromatic carbocycles. The lowest BCUT2D eigenvalue weighted by molar-refractivity contribution is 0.0237. The Morgan fingerprint density at radius 1 is 1.19 bits per heavy atom. The third-order valence-electron chi connectivity index (χ3n) is 4.32. The van der Waals surface area contributed by atoms with E-state index in [-0.39, 0.29) is 12.7 Å². The van der Waals surface area contributed by atoms with Crippen molar-refractivity contribution in [2.24, 2.45) is 0 Å². The van der Waals surface area contributed by atoms with Crippen LogP contribution in [0, 0.1) is 0 Å². The Hall–Kier alpha value is -2.93. The van der Waals surface area contributed by atoms with E-state index in [1.165, 1.54) is 0 Å². The predicted molar refractivity (Wildman–Crippen MR) is 93.9 cm³/mol. The number of H-pyrrole nitrogens is 1. The summed E-state index contributed by atoms with van der Waals surface area (Å²) < 4.78 is 16.5. The van der Waals surface area contributed by atoms with Gasteiger partial charge in [0.1, 0.15) is 12.7 Å². The summed E-state index contributed by atoms with van der Waals surface area (Å²) in [5.41, 5.74) is 1.94. The van der Waals surface area contributed by atoms with E-state index in [0.717, 1.165) is 37.0 Å². The molecule has 7 nitrogen and oxygen atoms in total. The molecule has 0 aliphatic carbocycles. The Labute approximate surface area is 150 Å². The number of fused-ring (bicyclic) bond motifs is 1. The third kappa shape index (κ3) is 3.67. The van der Waals surface area contributed by atoms with Crippen molar-refractivity contribution in [2.75, 3.05) is 13.2 Å². The van der Waals surface area contributed by atoms with Gasteiger partial charge >= 0.3 is 5.97 Å². The highest BCUT2D eigenvalue weighted by Gasteiger charge is 2.16. The Balaban J connectivity index is 1.35. The van der Waals surface area contributed by atoms with Gasteiger partial charge in [0, 0.05) is 36.1 Å². The molecule has 1 aliphatic heterocycles. The highest BCUT2D eigenvalue weighted by molar-refractivity contribution is 6.02. The number of benzene rings is 1. The molecule has 0 atom stereocenters. The van der Waals surface area contributed by atoms with Crippen molar-refractivity contribution < 1.29 is 19.0 Å². The normalized spacial score (nSPS) is 15.1. The van der Waals surface area contributed by atoms with Gasteiger partial charge in [-0.25, -0.2) is 9.78 Å². The minimum absolute atomic E-state index is 0.147. The molecule has 3 aromatic rings. The van der Waals surface area contributed by atoms with Gasteiger partial charge in [-0.05, 0) is 12.1 Å². The van der Waals surface area contributed by atoms with Crippen molar-refractivity contribution in [1.82, 2.24) is 15.2 Å². The van der Waals surface area contributed by atoms with Gasteiger partial charge in [0.25, 0.3) is 0 Å². The molecule has 1 fully saturated rings. The van der Waals surface area contributed by atoms with Crippen LogP contribution < -0.4 is 4.74 Å². The first kappa shape index (κ1) is 16.5. The second-order valence-corrected chi connectivity index (χ2v) is 6.15. The maximum absolute atomic E-state index is 12.3. The van der Waals surface area contributed by atoms with Crippen LogP contribution >= 0.6 is 0 Å². The van der Waals surface area contributed by atoms with Crippen LogP contribution in [0.5, 0.6) is 5.88 Å². The SMILES string of the molecule is O=C(OCc1ccc(OC2CCOCC2)nc1)c1cccc2cn[nH]c12. The maximum Gasteiger partial charge on any atom is 0.340 e. The maximum atomic E-state index is 12.3. The molecule has 0 amide bonds. The standard InChI is InChI=1S/C19H19N3O4/c23-19(16-3-1-2-14-11-21-22-18(14)16)25-12-13-4-5-17(20-10-13)26-15-6-8-24-9-7-15/h1-5,10-11,15H,6-9,12H2,(H,21,22). The summed E-state index contributed by atoms with van der Waals surface area (Å²) in [6, 6.07) is 9.06. The number of hydrogen-bond acceptors (Lipinski definition) is 6. The minimum atomic E-state index is -0.401. The molecular weight excluding hydrogens is 334 g/mol. The largest absolute Gasteiger partial charge is 0.474 e. The molecule has 134 valence electrons. The van der Waals surface area contributed by atoms with E-state index in [0.29, 0.717) is 17.0 Å². The molecule has 0 spiro atoms. The van der Waals surface area contributed by atoms with Crippen molar-refractivity contribution >= 4 is 16.9 Å². The van der Waals surface area contributed by atoms with Crippen LogP contribution in [0.25, 0.3) is 10.9 Å². The van der Waals surface area contributed by atoms with Gasteiger partial charge in [0.2, 0.25) is 5.88 Å². The summed E-state index contributed by atoms with van der Waals surface area (Å²) in [6.07, 6.45) is 5.24. The molecule has 3 heterocycles. The van der Waals surface area contributed by atoms with Gasteiger partial charge in [0.15, 0.2) is 0 Å². The van der Waals surface area contributed by atoms with E-state index in [1.54, 1.807) is 30.6 Å². The first-order valence-electron chi connectivity index (χ1n) is 8.58. The van der Waals surface area contributed by atoms with Gasteiger partial charge in [-0.3, -0.25) is 5.10 Å². The van der Waals surface area contributed by atoms with Gasteiger partial charge in [-0.15, -0.1) is 0 Å². The number of aromatic amines is 1. The van der Waals surface area contributed by atoms with Crippen LogP contribution in [0.15, 0.2) is 42.7 Å². The second-order valence-electron chi connectivity index (χ2n) is 6.15. The number of ether oxygens (including phenoxy) is 3. The molecule has 0 unspecified atom stereocenters. The molecule has 4 rings (SSSR count). The van der Waals surface area contributed by atoms with Crippen molar-refractivity contribution in [3.63, 3.8) is 0 Å². The topological polar surface area (TPSA) is 86.3 Å². The highest BCUT2D eigenvalue weighted by Crippen LogP contribution is 2.18. The fraction of sp³-hybridized carbons (Fsp3) is 0.316. The lowest BCUT2D eigenvalue weighted by atomic mass is 10.1. The molecule has 1 N–H and O–H groups in total. The average molecular weight is 353 g/mol. The highest BCUT2D eigenvalue weighted by atomic mass is 16.5. The van der Waals surface area contributed by atoms with Gasteiger partial charge in [0.05, 0.1) is 30.5 Å². The molecular formula is C19H19N3O4. The fourth-order valence-corrected chi connectivity index (χ4v) is 2.90. The van der Waals surface area contributed by atoms with Crippen LogP contribution in [0.1, 0.15) is 28.8 Å². The summed E-state index contributed by atoms with van der Waals surface area (Å²) in [7, 11) is 0. The third-order valence-corrected chi connectivity index (χ3v) is 4.32. The summed E-state index contributed by atoms with van der Waals surface area (Å²) >= 11 is 0. The molecule has 2 aromatic heterocycles. The first-order chi connectivity index (χ1) is 12.8. The van der Waals surface area contributed by atoms with E-state index in [4.69, 9.17) is 14.2 Å². The number of carbonyl (C=O) groups excluding carboxylic acids is 1. The van der Waals surface area contributed by atoms with Crippen LogP contribution in [0.4, 0.5) is 0 Å². The second kappa shape index (κ2) is 7.53. The number of esters is 1. The Kier molecular flexibility index (Phi) is 4.79. The minimum Gasteiger partial charge on any atom is -0.474 e. The molecule has 7 heteroatoms. The number of nitrogens with one attached hydrogen (secondary N) is 1. The quantitative estimate of drug-likeness (QED) is 0.710.